The lowest BCUT2D eigenvalue weighted by atomic mass is 10.0. The van der Waals surface area contributed by atoms with Crippen molar-refractivity contribution < 1.29 is 14.3 Å². The van der Waals surface area contributed by atoms with Crippen molar-refractivity contribution in [2.75, 3.05) is 27.7 Å². The third-order valence-electron chi connectivity index (χ3n) is 4.80. The van der Waals surface area contributed by atoms with Gasteiger partial charge in [-0.25, -0.2) is 4.98 Å². The highest BCUT2D eigenvalue weighted by Crippen LogP contribution is 2.27. The van der Waals surface area contributed by atoms with Crippen LogP contribution in [-0.4, -0.2) is 43.5 Å². The minimum absolute atomic E-state index is 0.0271. The number of rotatable bonds is 9. The van der Waals surface area contributed by atoms with Gasteiger partial charge in [-0.3, -0.25) is 4.79 Å². The van der Waals surface area contributed by atoms with Crippen LogP contribution >= 0.6 is 0 Å². The lowest BCUT2D eigenvalue weighted by Gasteiger charge is -2.26. The first-order valence-electron chi connectivity index (χ1n) is 9.79. The van der Waals surface area contributed by atoms with Crippen LogP contribution in [0.4, 0.5) is 0 Å². The number of para-hydroxylation sites is 1. The van der Waals surface area contributed by atoms with E-state index in [4.69, 9.17) is 9.47 Å². The molecule has 6 heteroatoms. The summed E-state index contributed by atoms with van der Waals surface area (Å²) >= 11 is 0. The van der Waals surface area contributed by atoms with E-state index in [1.165, 1.54) is 0 Å². The van der Waals surface area contributed by atoms with E-state index in [-0.39, 0.29) is 11.9 Å². The zero-order chi connectivity index (χ0) is 21.3. The topological polar surface area (TPSA) is 63.7 Å². The Morgan fingerprint density at radius 2 is 1.80 bits per heavy atom. The molecule has 1 unspecified atom stereocenters. The number of likely N-dealkylation sites (N-methyl/N-ethyl adjacent to an activating group) is 1. The zero-order valence-corrected chi connectivity index (χ0v) is 17.5. The van der Waals surface area contributed by atoms with Crippen LogP contribution in [-0.2, 0) is 6.61 Å². The summed E-state index contributed by atoms with van der Waals surface area (Å²) < 4.78 is 11.2. The Kier molecular flexibility index (Phi) is 7.40. The number of nitrogens with one attached hydrogen (secondary N) is 1. The molecule has 0 saturated carbocycles. The number of carbonyl (C=O) groups is 1. The van der Waals surface area contributed by atoms with Gasteiger partial charge in [-0.05, 0) is 31.8 Å². The fourth-order valence-corrected chi connectivity index (χ4v) is 3.16. The van der Waals surface area contributed by atoms with Crippen molar-refractivity contribution in [3.05, 3.63) is 89.6 Å². The summed E-state index contributed by atoms with van der Waals surface area (Å²) in [5.41, 5.74) is 2.57. The normalized spacial score (nSPS) is 11.7. The molecule has 3 rings (SSSR count). The highest BCUT2D eigenvalue weighted by molar-refractivity contribution is 5.94. The molecular formula is C24H27N3O3. The van der Waals surface area contributed by atoms with Gasteiger partial charge in [0.15, 0.2) is 0 Å². The van der Waals surface area contributed by atoms with E-state index < -0.39 is 0 Å². The van der Waals surface area contributed by atoms with Crippen LogP contribution in [0.25, 0.3) is 0 Å². The molecule has 1 N–H and O–H groups in total. The summed E-state index contributed by atoms with van der Waals surface area (Å²) in [6.45, 7) is 0.837. The molecule has 2 aromatic carbocycles. The first kappa shape index (κ1) is 21.3. The van der Waals surface area contributed by atoms with Crippen molar-refractivity contribution in [3.8, 4) is 11.6 Å². The molecule has 0 radical (unpaired) electrons. The molecular weight excluding hydrogens is 378 g/mol. The lowest BCUT2D eigenvalue weighted by molar-refractivity contribution is 0.0940. The summed E-state index contributed by atoms with van der Waals surface area (Å²) in [5.74, 6) is 1.04. The van der Waals surface area contributed by atoms with Crippen LogP contribution in [0.15, 0.2) is 72.9 Å². The standard InChI is InChI=1S/C24H27N3O3/c1-27(2)21(20-11-7-8-12-22(20)29-3)16-26-24(28)19-13-14-25-23(15-19)30-17-18-9-5-4-6-10-18/h4-15,21H,16-17H2,1-3H3,(H,26,28). The second-order valence-corrected chi connectivity index (χ2v) is 7.09. The van der Waals surface area contributed by atoms with E-state index in [1.54, 1.807) is 25.4 Å². The second kappa shape index (κ2) is 10.4. The van der Waals surface area contributed by atoms with Gasteiger partial charge in [-0.15, -0.1) is 0 Å². The molecule has 156 valence electrons. The Bertz CT molecular complexity index is 961. The molecule has 1 amide bonds. The number of methoxy groups -OCH3 is 1. The second-order valence-electron chi connectivity index (χ2n) is 7.09. The Morgan fingerprint density at radius 1 is 1.07 bits per heavy atom. The first-order chi connectivity index (χ1) is 14.6. The third-order valence-corrected chi connectivity index (χ3v) is 4.80. The van der Waals surface area contributed by atoms with Crippen LogP contribution in [0.5, 0.6) is 11.6 Å². The van der Waals surface area contributed by atoms with Crippen LogP contribution in [0.2, 0.25) is 0 Å². The minimum Gasteiger partial charge on any atom is -0.496 e. The van der Waals surface area contributed by atoms with Crippen molar-refractivity contribution in [1.82, 2.24) is 15.2 Å². The predicted molar refractivity (Wildman–Crippen MR) is 117 cm³/mol. The molecule has 0 spiro atoms. The van der Waals surface area contributed by atoms with E-state index >= 15 is 0 Å². The maximum absolute atomic E-state index is 12.7. The highest BCUT2D eigenvalue weighted by atomic mass is 16.5. The smallest absolute Gasteiger partial charge is 0.251 e. The van der Waals surface area contributed by atoms with Crippen LogP contribution in [0, 0.1) is 0 Å². The number of pyridine rings is 1. The lowest BCUT2D eigenvalue weighted by Crippen LogP contribution is -2.34. The fraction of sp³-hybridized carbons (Fsp3) is 0.250. The zero-order valence-electron chi connectivity index (χ0n) is 17.5. The molecule has 0 fully saturated rings. The van der Waals surface area contributed by atoms with E-state index in [9.17, 15) is 4.79 Å². The summed E-state index contributed by atoms with van der Waals surface area (Å²) in [7, 11) is 5.61. The monoisotopic (exact) mass is 405 g/mol. The van der Waals surface area contributed by atoms with Gasteiger partial charge in [-0.1, -0.05) is 48.5 Å². The molecule has 0 aliphatic heterocycles. The number of hydrogen-bond acceptors (Lipinski definition) is 5. The van der Waals surface area contributed by atoms with E-state index in [2.05, 4.69) is 15.2 Å². The fourth-order valence-electron chi connectivity index (χ4n) is 3.16. The van der Waals surface area contributed by atoms with Gasteiger partial charge in [-0.2, -0.15) is 0 Å². The quantitative estimate of drug-likeness (QED) is 0.588. The van der Waals surface area contributed by atoms with Crippen LogP contribution in [0.1, 0.15) is 27.5 Å². The van der Waals surface area contributed by atoms with E-state index in [1.807, 2.05) is 68.7 Å². The Labute approximate surface area is 177 Å². The average molecular weight is 405 g/mol. The minimum atomic E-state index is -0.177. The number of amides is 1. The molecule has 0 bridgehead atoms. The van der Waals surface area contributed by atoms with Crippen molar-refractivity contribution in [1.29, 1.82) is 0 Å². The SMILES string of the molecule is COc1ccccc1C(CNC(=O)c1ccnc(OCc2ccccc2)c1)N(C)C. The van der Waals surface area contributed by atoms with Crippen molar-refractivity contribution in [2.45, 2.75) is 12.6 Å². The molecule has 0 aliphatic rings. The van der Waals surface area contributed by atoms with Gasteiger partial charge in [0.1, 0.15) is 12.4 Å². The summed E-state index contributed by atoms with van der Waals surface area (Å²) in [6.07, 6.45) is 1.58. The maximum Gasteiger partial charge on any atom is 0.251 e. The Hall–Kier alpha value is -3.38. The highest BCUT2D eigenvalue weighted by Gasteiger charge is 2.19. The van der Waals surface area contributed by atoms with Crippen LogP contribution in [0.3, 0.4) is 0 Å². The van der Waals surface area contributed by atoms with Gasteiger partial charge in [0.2, 0.25) is 5.88 Å². The van der Waals surface area contributed by atoms with Gasteiger partial charge >= 0.3 is 0 Å². The average Bonchev–Trinajstić information content (AvgIpc) is 2.78. The van der Waals surface area contributed by atoms with Gasteiger partial charge in [0, 0.05) is 29.9 Å². The predicted octanol–water partition coefficient (Wildman–Crippen LogP) is 3.70. The van der Waals surface area contributed by atoms with Gasteiger partial charge in [0.25, 0.3) is 5.91 Å². The number of carbonyl (C=O) groups excluding carboxylic acids is 1. The molecule has 0 saturated heterocycles. The summed E-state index contributed by atoms with van der Waals surface area (Å²) in [6, 6.07) is 21.0. The molecule has 6 nitrogen and oxygen atoms in total. The van der Waals surface area contributed by atoms with Crippen LogP contribution < -0.4 is 14.8 Å². The van der Waals surface area contributed by atoms with Gasteiger partial charge < -0.3 is 19.7 Å². The van der Waals surface area contributed by atoms with E-state index in [0.717, 1.165) is 16.9 Å². The van der Waals surface area contributed by atoms with Crippen molar-refractivity contribution >= 4 is 5.91 Å². The molecule has 1 atom stereocenters. The van der Waals surface area contributed by atoms with Crippen molar-refractivity contribution in [3.63, 3.8) is 0 Å². The third kappa shape index (κ3) is 5.58. The van der Waals surface area contributed by atoms with Gasteiger partial charge in [0.05, 0.1) is 13.2 Å². The Balaban J connectivity index is 1.65. The Morgan fingerprint density at radius 3 is 2.53 bits per heavy atom. The number of nitrogens with zero attached hydrogens (tertiary/aromatic N) is 2. The summed E-state index contributed by atoms with van der Waals surface area (Å²) in [5, 5.41) is 3.01. The number of benzene rings is 2. The summed E-state index contributed by atoms with van der Waals surface area (Å²) in [4.78, 5) is 19.0. The molecule has 0 aliphatic carbocycles. The molecule has 1 heterocycles. The first-order valence-corrected chi connectivity index (χ1v) is 9.79. The number of ether oxygens (including phenoxy) is 2. The molecule has 30 heavy (non-hydrogen) atoms. The van der Waals surface area contributed by atoms with Crippen molar-refractivity contribution in [2.24, 2.45) is 0 Å². The molecule has 3 aromatic rings. The largest absolute Gasteiger partial charge is 0.496 e. The van der Waals surface area contributed by atoms with E-state index in [0.29, 0.717) is 24.6 Å². The maximum atomic E-state index is 12.7. The number of hydrogen-bond donors (Lipinski definition) is 1. The number of aromatic nitrogens is 1. The molecule has 1 aromatic heterocycles.